The van der Waals surface area contributed by atoms with Crippen LogP contribution in [0.1, 0.15) is 30.7 Å². The Morgan fingerprint density at radius 3 is 2.48 bits per heavy atom. The normalized spacial score (nSPS) is 18.8. The lowest BCUT2D eigenvalue weighted by Crippen LogP contribution is -2.41. The van der Waals surface area contributed by atoms with Gasteiger partial charge >= 0.3 is 0 Å². The highest BCUT2D eigenvalue weighted by molar-refractivity contribution is 6.04. The lowest BCUT2D eigenvalue weighted by molar-refractivity contribution is -0.123. The molecule has 4 rings (SSSR count). The molecular weight excluding hydrogens is 407 g/mol. The van der Waals surface area contributed by atoms with Gasteiger partial charge in [-0.15, -0.1) is 0 Å². The number of nitrogens with one attached hydrogen (secondary N) is 3. The maximum Gasteiger partial charge on any atom is 0.258 e. The summed E-state index contributed by atoms with van der Waals surface area (Å²) in [5, 5.41) is 5.16. The molecule has 10 nitrogen and oxygen atoms in total. The number of rotatable bonds is 4. The number of amides is 3. The van der Waals surface area contributed by atoms with Crippen LogP contribution in [0.2, 0.25) is 0 Å². The molecule has 0 saturated carbocycles. The van der Waals surface area contributed by atoms with E-state index in [1.165, 1.54) is 24.3 Å². The summed E-state index contributed by atoms with van der Waals surface area (Å²) < 4.78 is 13.1. The number of H-pyrrole nitrogens is 1. The Kier molecular flexibility index (Phi) is 5.40. The number of nitrogens with two attached hydrogens (primary N) is 1. The molecule has 1 saturated heterocycles. The van der Waals surface area contributed by atoms with Gasteiger partial charge in [0.15, 0.2) is 0 Å². The average Bonchev–Trinajstić information content (AvgIpc) is 2.74. The van der Waals surface area contributed by atoms with Crippen molar-refractivity contribution in [2.75, 3.05) is 28.6 Å². The molecule has 0 aliphatic carbocycles. The lowest BCUT2D eigenvalue weighted by atomic mass is 9.92. The zero-order chi connectivity index (χ0) is 22.1. The molecule has 1 atom stereocenters. The maximum atomic E-state index is 13.1. The number of benzene rings is 1. The fraction of sp³-hybridized carbons (Fsp3) is 0.350. The molecule has 2 aromatic rings. The summed E-state index contributed by atoms with van der Waals surface area (Å²) in [4.78, 5) is 58.0. The molecule has 0 radical (unpaired) electrons. The first-order valence-corrected chi connectivity index (χ1v) is 9.86. The van der Waals surface area contributed by atoms with Crippen LogP contribution < -0.4 is 26.8 Å². The summed E-state index contributed by atoms with van der Waals surface area (Å²) in [5.41, 5.74) is 5.23. The van der Waals surface area contributed by atoms with E-state index in [0.717, 1.165) is 0 Å². The zero-order valence-corrected chi connectivity index (χ0v) is 16.5. The van der Waals surface area contributed by atoms with Gasteiger partial charge in [-0.05, 0) is 37.1 Å². The highest BCUT2D eigenvalue weighted by Gasteiger charge is 2.35. The van der Waals surface area contributed by atoms with Gasteiger partial charge < -0.3 is 21.3 Å². The van der Waals surface area contributed by atoms with Crippen LogP contribution in [0.4, 0.5) is 21.8 Å². The molecule has 31 heavy (non-hydrogen) atoms. The number of hydrogen-bond acceptors (Lipinski definition) is 6. The van der Waals surface area contributed by atoms with Crippen molar-refractivity contribution in [2.45, 2.75) is 25.2 Å². The number of carbonyl (C=O) groups excluding carboxylic acids is 3. The van der Waals surface area contributed by atoms with E-state index >= 15 is 0 Å². The van der Waals surface area contributed by atoms with E-state index in [-0.39, 0.29) is 35.6 Å². The third-order valence-electron chi connectivity index (χ3n) is 5.56. The molecule has 5 N–H and O–H groups in total. The highest BCUT2D eigenvalue weighted by Crippen LogP contribution is 2.31. The van der Waals surface area contributed by atoms with E-state index in [4.69, 9.17) is 5.73 Å². The number of aromatic amines is 1. The van der Waals surface area contributed by atoms with E-state index in [0.29, 0.717) is 31.6 Å². The molecule has 0 bridgehead atoms. The number of aromatic nitrogens is 2. The lowest BCUT2D eigenvalue weighted by Gasteiger charge is -2.32. The summed E-state index contributed by atoms with van der Waals surface area (Å²) in [6.07, 6.45) is 0.852. The molecule has 11 heteroatoms. The Hall–Kier alpha value is -3.76. The molecule has 1 unspecified atom stereocenters. The molecule has 3 heterocycles. The minimum Gasteiger partial charge on any atom is -0.369 e. The minimum atomic E-state index is -1.04. The minimum absolute atomic E-state index is 0.0336. The SMILES string of the molecule is NC(=O)C1CCN(c2nc3c(c(=O)[nH]2)C(C(=O)Nc2ccc(F)cc2)CC(=O)N3)CC1. The number of fused-ring (bicyclic) bond motifs is 1. The topological polar surface area (TPSA) is 150 Å². The quantitative estimate of drug-likeness (QED) is 0.562. The second kappa shape index (κ2) is 8.17. The van der Waals surface area contributed by atoms with Crippen LogP contribution in [0.15, 0.2) is 29.1 Å². The number of nitrogens with zero attached hydrogens (tertiary/aromatic N) is 2. The van der Waals surface area contributed by atoms with Gasteiger partial charge in [0.25, 0.3) is 5.56 Å². The van der Waals surface area contributed by atoms with Gasteiger partial charge in [0.2, 0.25) is 23.7 Å². The van der Waals surface area contributed by atoms with Crippen molar-refractivity contribution in [2.24, 2.45) is 11.7 Å². The van der Waals surface area contributed by atoms with Crippen LogP contribution in [0, 0.1) is 11.7 Å². The van der Waals surface area contributed by atoms with Crippen LogP contribution in [0.5, 0.6) is 0 Å². The number of anilines is 3. The molecule has 2 aliphatic heterocycles. The third kappa shape index (κ3) is 4.25. The molecule has 162 valence electrons. The monoisotopic (exact) mass is 428 g/mol. The second-order valence-corrected chi connectivity index (χ2v) is 7.62. The van der Waals surface area contributed by atoms with E-state index < -0.39 is 29.1 Å². The Labute approximate surface area is 176 Å². The van der Waals surface area contributed by atoms with Crippen molar-refractivity contribution < 1.29 is 18.8 Å². The first kappa shape index (κ1) is 20.5. The van der Waals surface area contributed by atoms with Crippen LogP contribution >= 0.6 is 0 Å². The zero-order valence-electron chi connectivity index (χ0n) is 16.5. The van der Waals surface area contributed by atoms with Gasteiger partial charge in [0.05, 0.1) is 11.5 Å². The average molecular weight is 428 g/mol. The molecule has 1 fully saturated rings. The third-order valence-corrected chi connectivity index (χ3v) is 5.56. The first-order chi connectivity index (χ1) is 14.8. The van der Waals surface area contributed by atoms with E-state index in [1.54, 1.807) is 4.90 Å². The predicted molar refractivity (Wildman–Crippen MR) is 110 cm³/mol. The van der Waals surface area contributed by atoms with Gasteiger partial charge in [-0.1, -0.05) is 0 Å². The summed E-state index contributed by atoms with van der Waals surface area (Å²) >= 11 is 0. The van der Waals surface area contributed by atoms with Gasteiger partial charge in [-0.3, -0.25) is 24.2 Å². The van der Waals surface area contributed by atoms with E-state index in [9.17, 15) is 23.6 Å². The van der Waals surface area contributed by atoms with Gasteiger partial charge in [-0.2, -0.15) is 4.98 Å². The van der Waals surface area contributed by atoms with Gasteiger partial charge in [0.1, 0.15) is 11.6 Å². The molecule has 1 aromatic carbocycles. The fourth-order valence-corrected chi connectivity index (χ4v) is 3.87. The Morgan fingerprint density at radius 1 is 1.16 bits per heavy atom. The molecule has 1 aromatic heterocycles. The summed E-state index contributed by atoms with van der Waals surface area (Å²) in [5.74, 6) is -2.78. The van der Waals surface area contributed by atoms with Crippen molar-refractivity contribution in [3.63, 3.8) is 0 Å². The maximum absolute atomic E-state index is 13.1. The van der Waals surface area contributed by atoms with Crippen LogP contribution in [0.3, 0.4) is 0 Å². The van der Waals surface area contributed by atoms with Crippen molar-refractivity contribution in [1.82, 2.24) is 9.97 Å². The number of carbonyl (C=O) groups is 3. The van der Waals surface area contributed by atoms with E-state index in [1.807, 2.05) is 0 Å². The summed E-state index contributed by atoms with van der Waals surface area (Å²) in [7, 11) is 0. The largest absolute Gasteiger partial charge is 0.369 e. The molecule has 0 spiro atoms. The van der Waals surface area contributed by atoms with Crippen LogP contribution in [-0.4, -0.2) is 40.8 Å². The van der Waals surface area contributed by atoms with Crippen LogP contribution in [-0.2, 0) is 14.4 Å². The summed E-state index contributed by atoms with van der Waals surface area (Å²) in [6, 6.07) is 5.16. The molecular formula is C20H21FN6O4. The Morgan fingerprint density at radius 2 is 1.84 bits per heavy atom. The first-order valence-electron chi connectivity index (χ1n) is 9.86. The Bertz CT molecular complexity index is 1090. The van der Waals surface area contributed by atoms with Crippen molar-refractivity contribution in [3.05, 3.63) is 46.0 Å². The van der Waals surface area contributed by atoms with Crippen LogP contribution in [0.25, 0.3) is 0 Å². The van der Waals surface area contributed by atoms with Crippen molar-refractivity contribution in [1.29, 1.82) is 0 Å². The standard InChI is InChI=1S/C20H21FN6O4/c21-11-1-3-12(4-2-11)23-18(30)13-9-14(28)24-17-15(13)19(31)26-20(25-17)27-7-5-10(6-8-27)16(22)29/h1-4,10,13H,5-9H2,(H2,22,29)(H,23,30)(H2,24,25,26,28,31). The number of halogens is 1. The van der Waals surface area contributed by atoms with Crippen molar-refractivity contribution >= 4 is 35.2 Å². The smallest absolute Gasteiger partial charge is 0.258 e. The molecule has 3 amide bonds. The van der Waals surface area contributed by atoms with Gasteiger partial charge in [-0.25, -0.2) is 4.39 Å². The predicted octanol–water partition coefficient (Wildman–Crippen LogP) is 0.675. The number of piperidine rings is 1. The molecule has 2 aliphatic rings. The van der Waals surface area contributed by atoms with Crippen molar-refractivity contribution in [3.8, 4) is 0 Å². The number of primary amides is 1. The van der Waals surface area contributed by atoms with E-state index in [2.05, 4.69) is 20.6 Å². The Balaban J connectivity index is 1.58. The number of hydrogen-bond donors (Lipinski definition) is 4. The fourth-order valence-electron chi connectivity index (χ4n) is 3.87. The second-order valence-electron chi connectivity index (χ2n) is 7.62. The highest BCUT2D eigenvalue weighted by atomic mass is 19.1. The summed E-state index contributed by atoms with van der Waals surface area (Å²) in [6.45, 7) is 0.940. The van der Waals surface area contributed by atoms with Gasteiger partial charge in [0, 0.05) is 31.1 Å².